The number of allylic oxidation sites excluding steroid dienone is 2. The molecule has 0 spiro atoms. The topological polar surface area (TPSA) is 107 Å². The van der Waals surface area contributed by atoms with Gasteiger partial charge in [0.1, 0.15) is 10.4 Å². The molecule has 2 bridgehead atoms. The van der Waals surface area contributed by atoms with E-state index in [1.807, 2.05) is 60.7 Å². The molecule has 3 aliphatic rings. The number of halogens is 1. The fourth-order valence-corrected chi connectivity index (χ4v) is 8.05. The van der Waals surface area contributed by atoms with E-state index in [4.69, 9.17) is 5.73 Å². The second kappa shape index (κ2) is 8.74. The van der Waals surface area contributed by atoms with Crippen LogP contribution in [0.25, 0.3) is 11.1 Å². The van der Waals surface area contributed by atoms with Crippen molar-refractivity contribution in [3.63, 3.8) is 0 Å². The predicted molar refractivity (Wildman–Crippen MR) is 142 cm³/mol. The van der Waals surface area contributed by atoms with Crippen molar-refractivity contribution in [2.45, 2.75) is 37.1 Å². The summed E-state index contributed by atoms with van der Waals surface area (Å²) in [6, 6.07) is 18.4. The van der Waals surface area contributed by atoms with Gasteiger partial charge in [-0.3, -0.25) is 24.1 Å². The van der Waals surface area contributed by atoms with Gasteiger partial charge in [0.15, 0.2) is 5.78 Å². The standard InChI is InChI=1S/C29H29BrN2O5/c1-27-20(17-11-6-4-7-12-17)21(18-13-8-5-9-14-18)28(2,25(27)35)29(30)22(27)23(33)32(26(29)36)16-10-15-19(31)24(34)37-3/h4-9,11-14,19,22H,10,15-16,31H2,1-3H3/t19-,22?,27?,28?,29?/m0/s1. The molecule has 8 heteroatoms. The number of imide groups is 1. The number of likely N-dealkylation sites (tertiary alicyclic amines) is 1. The lowest BCUT2D eigenvalue weighted by Crippen LogP contribution is -2.50. The van der Waals surface area contributed by atoms with E-state index in [9.17, 15) is 19.2 Å². The number of esters is 1. The Kier molecular flexibility index (Phi) is 6.03. The smallest absolute Gasteiger partial charge is 0.322 e. The number of rotatable bonds is 7. The highest BCUT2D eigenvalue weighted by Crippen LogP contribution is 2.77. The van der Waals surface area contributed by atoms with E-state index in [0.29, 0.717) is 6.42 Å². The third-order valence-electron chi connectivity index (χ3n) is 8.49. The highest BCUT2D eigenvalue weighted by Gasteiger charge is 2.85. The zero-order chi connectivity index (χ0) is 26.8. The molecule has 4 unspecified atom stereocenters. The molecule has 2 aromatic carbocycles. The normalized spacial score (nSPS) is 31.2. The van der Waals surface area contributed by atoms with Crippen LogP contribution in [0.1, 0.15) is 37.8 Å². The molecule has 37 heavy (non-hydrogen) atoms. The Hall–Kier alpha value is -3.10. The van der Waals surface area contributed by atoms with Gasteiger partial charge in [0.25, 0.3) is 0 Å². The van der Waals surface area contributed by atoms with Crippen molar-refractivity contribution in [1.29, 1.82) is 0 Å². The van der Waals surface area contributed by atoms with Crippen LogP contribution in [0.15, 0.2) is 60.7 Å². The Labute approximate surface area is 224 Å². The van der Waals surface area contributed by atoms with Crippen molar-refractivity contribution in [3.05, 3.63) is 71.8 Å². The van der Waals surface area contributed by atoms with Crippen molar-refractivity contribution < 1.29 is 23.9 Å². The molecule has 1 heterocycles. The van der Waals surface area contributed by atoms with Gasteiger partial charge in [-0.1, -0.05) is 76.6 Å². The number of hydrogen-bond acceptors (Lipinski definition) is 6. The minimum Gasteiger partial charge on any atom is -0.468 e. The number of alkyl halides is 1. The third-order valence-corrected chi connectivity index (χ3v) is 10.1. The maximum Gasteiger partial charge on any atom is 0.322 e. The summed E-state index contributed by atoms with van der Waals surface area (Å²) in [6.07, 6.45) is 0.607. The van der Waals surface area contributed by atoms with Crippen molar-refractivity contribution in [1.82, 2.24) is 4.90 Å². The molecule has 192 valence electrons. The number of amides is 2. The largest absolute Gasteiger partial charge is 0.468 e. The van der Waals surface area contributed by atoms with Gasteiger partial charge in [0.05, 0.1) is 23.9 Å². The SMILES string of the molecule is COC(=O)[C@@H](N)CCCN1C(=O)C2C3(C)C(=O)C(C)(C(c4ccccc4)=C3c3ccccc3)C2(Br)C1=O. The lowest BCUT2D eigenvalue weighted by atomic mass is 9.63. The molecule has 7 nitrogen and oxygen atoms in total. The second-order valence-electron chi connectivity index (χ2n) is 10.4. The number of nitrogens with two attached hydrogens (primary N) is 1. The average Bonchev–Trinajstić information content (AvgIpc) is 3.29. The number of fused-ring (bicyclic) bond motifs is 5. The number of methoxy groups -OCH3 is 1. The number of Topliss-reactive ketones (excluding diaryl/α,β-unsaturated/α-hetero) is 1. The van der Waals surface area contributed by atoms with Crippen LogP contribution >= 0.6 is 15.9 Å². The van der Waals surface area contributed by atoms with Crippen LogP contribution in [0.3, 0.4) is 0 Å². The molecule has 2 aliphatic carbocycles. The Morgan fingerprint density at radius 3 is 2.08 bits per heavy atom. The minimum absolute atomic E-state index is 0.105. The van der Waals surface area contributed by atoms with Gasteiger partial charge in [-0.15, -0.1) is 0 Å². The van der Waals surface area contributed by atoms with Crippen LogP contribution in [0.4, 0.5) is 0 Å². The monoisotopic (exact) mass is 564 g/mol. The molecular weight excluding hydrogens is 536 g/mol. The molecule has 1 saturated carbocycles. The Morgan fingerprint density at radius 1 is 1.00 bits per heavy atom. The van der Waals surface area contributed by atoms with E-state index in [2.05, 4.69) is 20.7 Å². The van der Waals surface area contributed by atoms with Crippen molar-refractivity contribution >= 4 is 50.6 Å². The maximum absolute atomic E-state index is 14.3. The molecule has 0 aromatic heterocycles. The van der Waals surface area contributed by atoms with E-state index in [1.54, 1.807) is 13.8 Å². The summed E-state index contributed by atoms with van der Waals surface area (Å²) in [4.78, 5) is 55.3. The van der Waals surface area contributed by atoms with E-state index in [0.717, 1.165) is 22.3 Å². The Morgan fingerprint density at radius 2 is 1.54 bits per heavy atom. The molecule has 2 amide bonds. The van der Waals surface area contributed by atoms with E-state index >= 15 is 0 Å². The van der Waals surface area contributed by atoms with Crippen LogP contribution in [-0.2, 0) is 23.9 Å². The highest BCUT2D eigenvalue weighted by molar-refractivity contribution is 9.10. The molecule has 5 rings (SSSR count). The van der Waals surface area contributed by atoms with Crippen molar-refractivity contribution in [2.24, 2.45) is 22.5 Å². The summed E-state index contributed by atoms with van der Waals surface area (Å²) in [5.74, 6) is -2.38. The number of benzene rings is 2. The molecule has 2 aromatic rings. The van der Waals surface area contributed by atoms with E-state index in [1.165, 1.54) is 12.0 Å². The molecule has 2 fully saturated rings. The molecule has 1 saturated heterocycles. The maximum atomic E-state index is 14.3. The lowest BCUT2D eigenvalue weighted by Gasteiger charge is -2.41. The van der Waals surface area contributed by atoms with Gasteiger partial charge in [-0.2, -0.15) is 0 Å². The summed E-state index contributed by atoms with van der Waals surface area (Å²) in [7, 11) is 1.27. The fourth-order valence-electron chi connectivity index (χ4n) is 6.81. The number of ether oxygens (including phenoxy) is 1. The number of carbonyl (C=O) groups excluding carboxylic acids is 4. The summed E-state index contributed by atoms with van der Waals surface area (Å²) >= 11 is 3.74. The molecule has 2 N–H and O–H groups in total. The molecule has 0 radical (unpaired) electrons. The number of ketones is 1. The first kappa shape index (κ1) is 25.5. The first-order valence-electron chi connectivity index (χ1n) is 12.3. The first-order valence-corrected chi connectivity index (χ1v) is 13.1. The summed E-state index contributed by atoms with van der Waals surface area (Å²) < 4.78 is 3.25. The van der Waals surface area contributed by atoms with Gasteiger partial charge in [-0.05, 0) is 49.0 Å². The van der Waals surface area contributed by atoms with Gasteiger partial charge in [0, 0.05) is 6.54 Å². The predicted octanol–water partition coefficient (Wildman–Crippen LogP) is 3.61. The van der Waals surface area contributed by atoms with Crippen molar-refractivity contribution in [3.8, 4) is 0 Å². The van der Waals surface area contributed by atoms with Crippen LogP contribution in [0.5, 0.6) is 0 Å². The first-order chi connectivity index (χ1) is 17.6. The van der Waals surface area contributed by atoms with Crippen molar-refractivity contribution in [2.75, 3.05) is 13.7 Å². The third kappa shape index (κ3) is 3.15. The molecule has 1 aliphatic heterocycles. The average molecular weight is 565 g/mol. The fraction of sp³-hybridized carbons (Fsp3) is 0.379. The summed E-state index contributed by atoms with van der Waals surface area (Å²) in [6.45, 7) is 3.71. The zero-order valence-corrected chi connectivity index (χ0v) is 22.6. The van der Waals surface area contributed by atoms with E-state index in [-0.39, 0.29) is 24.7 Å². The lowest BCUT2D eigenvalue weighted by molar-refractivity contribution is -0.144. The number of nitrogens with zero attached hydrogens (tertiary/aromatic N) is 1. The van der Waals surface area contributed by atoms with E-state index < -0.39 is 39.0 Å². The van der Waals surface area contributed by atoms with Gasteiger partial charge >= 0.3 is 5.97 Å². The van der Waals surface area contributed by atoms with Gasteiger partial charge in [0.2, 0.25) is 11.8 Å². The van der Waals surface area contributed by atoms with Crippen LogP contribution in [0, 0.1) is 16.7 Å². The van der Waals surface area contributed by atoms with Gasteiger partial charge < -0.3 is 10.5 Å². The highest BCUT2D eigenvalue weighted by atomic mass is 79.9. The Balaban J connectivity index is 1.63. The summed E-state index contributed by atoms with van der Waals surface area (Å²) in [5, 5.41) is 0. The number of hydrogen-bond donors (Lipinski definition) is 1. The Bertz CT molecular complexity index is 1340. The quantitative estimate of drug-likeness (QED) is 0.313. The molecular formula is C29H29BrN2O5. The van der Waals surface area contributed by atoms with Crippen LogP contribution in [-0.4, -0.2) is 52.5 Å². The zero-order valence-electron chi connectivity index (χ0n) is 21.0. The van der Waals surface area contributed by atoms with Crippen LogP contribution in [0.2, 0.25) is 0 Å². The summed E-state index contributed by atoms with van der Waals surface area (Å²) in [5.41, 5.74) is 6.64. The molecule has 5 atom stereocenters. The minimum atomic E-state index is -1.42. The van der Waals surface area contributed by atoms with Crippen LogP contribution < -0.4 is 5.73 Å². The van der Waals surface area contributed by atoms with Gasteiger partial charge in [-0.25, -0.2) is 0 Å². The second-order valence-corrected chi connectivity index (χ2v) is 11.6. The number of carbonyl (C=O) groups is 4.